The van der Waals surface area contributed by atoms with Gasteiger partial charge in [-0.3, -0.25) is 4.79 Å². The average molecular weight is 347 g/mol. The smallest absolute Gasteiger partial charge is 0.259 e. The van der Waals surface area contributed by atoms with E-state index in [0.717, 1.165) is 18.8 Å². The van der Waals surface area contributed by atoms with Crippen LogP contribution >= 0.6 is 11.6 Å². The fraction of sp³-hybridized carbons (Fsp3) is 0.278. The van der Waals surface area contributed by atoms with E-state index in [4.69, 9.17) is 16.3 Å². The molecule has 2 N–H and O–H groups in total. The second-order valence-corrected chi connectivity index (χ2v) is 6.12. The van der Waals surface area contributed by atoms with Gasteiger partial charge in [0.15, 0.2) is 0 Å². The molecule has 1 aliphatic rings. The summed E-state index contributed by atoms with van der Waals surface area (Å²) in [5.41, 5.74) is 2.41. The molecule has 0 aliphatic carbocycles. The molecule has 0 unspecified atom stereocenters. The molecule has 2 aromatic rings. The SMILES string of the molecule is Cc1cccc(C(=O)Nc2cc(Cl)ccc2N2CCOCC2)c1O. The molecule has 1 heterocycles. The molecule has 0 radical (unpaired) electrons. The molecule has 0 bridgehead atoms. The number of aryl methyl sites for hydroxylation is 1. The zero-order chi connectivity index (χ0) is 17.1. The maximum Gasteiger partial charge on any atom is 0.259 e. The summed E-state index contributed by atoms with van der Waals surface area (Å²) in [7, 11) is 0. The van der Waals surface area contributed by atoms with Gasteiger partial charge in [-0.15, -0.1) is 0 Å². The van der Waals surface area contributed by atoms with E-state index in [1.54, 1.807) is 37.3 Å². The third-order valence-corrected chi connectivity index (χ3v) is 4.28. The van der Waals surface area contributed by atoms with Crippen LogP contribution in [0.25, 0.3) is 0 Å². The molecule has 6 heteroatoms. The van der Waals surface area contributed by atoms with Gasteiger partial charge in [-0.05, 0) is 36.8 Å². The van der Waals surface area contributed by atoms with Crippen LogP contribution in [0.3, 0.4) is 0 Å². The molecule has 1 amide bonds. The predicted molar refractivity (Wildman–Crippen MR) is 95.3 cm³/mol. The molecule has 2 aromatic carbocycles. The van der Waals surface area contributed by atoms with E-state index in [1.165, 1.54) is 0 Å². The van der Waals surface area contributed by atoms with E-state index >= 15 is 0 Å². The number of rotatable bonds is 3. The largest absolute Gasteiger partial charge is 0.507 e. The van der Waals surface area contributed by atoms with Gasteiger partial charge in [0.05, 0.1) is 30.2 Å². The van der Waals surface area contributed by atoms with Gasteiger partial charge in [0.25, 0.3) is 5.91 Å². The van der Waals surface area contributed by atoms with Gasteiger partial charge >= 0.3 is 0 Å². The van der Waals surface area contributed by atoms with Crippen molar-refractivity contribution in [2.75, 3.05) is 36.5 Å². The van der Waals surface area contributed by atoms with Gasteiger partial charge in [-0.25, -0.2) is 0 Å². The summed E-state index contributed by atoms with van der Waals surface area (Å²) in [6.45, 7) is 4.55. The topological polar surface area (TPSA) is 61.8 Å². The van der Waals surface area contributed by atoms with Crippen LogP contribution in [0, 0.1) is 6.92 Å². The molecule has 24 heavy (non-hydrogen) atoms. The molecule has 0 atom stereocenters. The monoisotopic (exact) mass is 346 g/mol. The molecule has 0 saturated carbocycles. The van der Waals surface area contributed by atoms with Gasteiger partial charge in [0.2, 0.25) is 0 Å². The number of anilines is 2. The summed E-state index contributed by atoms with van der Waals surface area (Å²) >= 11 is 6.10. The van der Waals surface area contributed by atoms with Crippen molar-refractivity contribution in [3.63, 3.8) is 0 Å². The molecule has 5 nitrogen and oxygen atoms in total. The summed E-state index contributed by atoms with van der Waals surface area (Å²) in [5, 5.41) is 13.5. The Hall–Kier alpha value is -2.24. The number of para-hydroxylation sites is 1. The summed E-state index contributed by atoms with van der Waals surface area (Å²) in [5.74, 6) is -0.377. The Labute approximate surface area is 145 Å². The molecular formula is C18H19ClN2O3. The van der Waals surface area contributed by atoms with Gasteiger partial charge < -0.3 is 20.1 Å². The number of aromatic hydroxyl groups is 1. The zero-order valence-corrected chi connectivity index (χ0v) is 14.1. The number of carbonyl (C=O) groups is 1. The fourth-order valence-electron chi connectivity index (χ4n) is 2.72. The highest BCUT2D eigenvalue weighted by Gasteiger charge is 2.18. The van der Waals surface area contributed by atoms with Gasteiger partial charge in [0, 0.05) is 18.1 Å². The molecule has 1 fully saturated rings. The second kappa shape index (κ2) is 7.11. The van der Waals surface area contributed by atoms with E-state index in [0.29, 0.717) is 29.5 Å². The predicted octanol–water partition coefficient (Wildman–Crippen LogP) is 3.44. The van der Waals surface area contributed by atoms with E-state index in [1.807, 2.05) is 6.07 Å². The average Bonchev–Trinajstić information content (AvgIpc) is 2.58. The first-order chi connectivity index (χ1) is 11.6. The van der Waals surface area contributed by atoms with Crippen LogP contribution in [0.4, 0.5) is 11.4 Å². The lowest BCUT2D eigenvalue weighted by Crippen LogP contribution is -2.36. The van der Waals surface area contributed by atoms with E-state index in [9.17, 15) is 9.90 Å². The highest BCUT2D eigenvalue weighted by Crippen LogP contribution is 2.31. The number of carbonyl (C=O) groups excluding carboxylic acids is 1. The van der Waals surface area contributed by atoms with E-state index in [-0.39, 0.29) is 17.2 Å². The first-order valence-corrected chi connectivity index (χ1v) is 8.16. The Morgan fingerprint density at radius 2 is 2.00 bits per heavy atom. The molecule has 0 aromatic heterocycles. The number of phenolic OH excluding ortho intramolecular Hbond substituents is 1. The van der Waals surface area contributed by atoms with Crippen LogP contribution in [-0.2, 0) is 4.74 Å². The van der Waals surface area contributed by atoms with Crippen molar-refractivity contribution in [1.82, 2.24) is 0 Å². The van der Waals surface area contributed by atoms with Gasteiger partial charge in [-0.1, -0.05) is 23.7 Å². The van der Waals surface area contributed by atoms with Crippen LogP contribution in [0.15, 0.2) is 36.4 Å². The van der Waals surface area contributed by atoms with Crippen LogP contribution in [0.5, 0.6) is 5.75 Å². The number of hydrogen-bond acceptors (Lipinski definition) is 4. The molecule has 1 saturated heterocycles. The molecule has 126 valence electrons. The lowest BCUT2D eigenvalue weighted by atomic mass is 10.1. The van der Waals surface area contributed by atoms with Crippen molar-refractivity contribution in [3.05, 3.63) is 52.5 Å². The number of nitrogens with zero attached hydrogens (tertiary/aromatic N) is 1. The Morgan fingerprint density at radius 1 is 1.25 bits per heavy atom. The number of benzene rings is 2. The maximum absolute atomic E-state index is 12.6. The minimum absolute atomic E-state index is 0.00931. The Bertz CT molecular complexity index is 758. The number of morpholine rings is 1. The normalized spacial score (nSPS) is 14.5. The number of nitrogens with one attached hydrogen (secondary N) is 1. The van der Waals surface area contributed by atoms with E-state index in [2.05, 4.69) is 10.2 Å². The van der Waals surface area contributed by atoms with Gasteiger partial charge in [-0.2, -0.15) is 0 Å². The minimum Gasteiger partial charge on any atom is -0.507 e. The van der Waals surface area contributed by atoms with Crippen molar-refractivity contribution in [3.8, 4) is 5.75 Å². The van der Waals surface area contributed by atoms with Crippen LogP contribution in [0.1, 0.15) is 15.9 Å². The highest BCUT2D eigenvalue weighted by atomic mass is 35.5. The number of ether oxygens (including phenoxy) is 1. The van der Waals surface area contributed by atoms with Gasteiger partial charge in [0.1, 0.15) is 5.75 Å². The third kappa shape index (κ3) is 3.47. The zero-order valence-electron chi connectivity index (χ0n) is 13.4. The second-order valence-electron chi connectivity index (χ2n) is 5.69. The van der Waals surface area contributed by atoms with E-state index < -0.39 is 0 Å². The quantitative estimate of drug-likeness (QED) is 0.893. The fourth-order valence-corrected chi connectivity index (χ4v) is 2.89. The molecule has 1 aliphatic heterocycles. The lowest BCUT2D eigenvalue weighted by Gasteiger charge is -2.30. The number of hydrogen-bond donors (Lipinski definition) is 2. The van der Waals surface area contributed by atoms with Crippen molar-refractivity contribution >= 4 is 28.9 Å². The van der Waals surface area contributed by atoms with Crippen molar-refractivity contribution < 1.29 is 14.6 Å². The standard InChI is InChI=1S/C18H19ClN2O3/c1-12-3-2-4-14(17(12)22)18(23)20-15-11-13(19)5-6-16(15)21-7-9-24-10-8-21/h2-6,11,22H,7-10H2,1H3,(H,20,23). The lowest BCUT2D eigenvalue weighted by molar-refractivity contribution is 0.102. The Morgan fingerprint density at radius 3 is 2.75 bits per heavy atom. The van der Waals surface area contributed by atoms with Crippen molar-refractivity contribution in [2.45, 2.75) is 6.92 Å². The molecular weight excluding hydrogens is 328 g/mol. The molecule has 0 spiro atoms. The Balaban J connectivity index is 1.90. The first kappa shape index (κ1) is 16.6. The first-order valence-electron chi connectivity index (χ1n) is 7.78. The summed E-state index contributed by atoms with van der Waals surface area (Å²) < 4.78 is 5.38. The van der Waals surface area contributed by atoms with Crippen LogP contribution in [-0.4, -0.2) is 37.3 Å². The summed E-state index contributed by atoms with van der Waals surface area (Å²) in [4.78, 5) is 14.7. The number of phenols is 1. The highest BCUT2D eigenvalue weighted by molar-refractivity contribution is 6.31. The van der Waals surface area contributed by atoms with Crippen LogP contribution < -0.4 is 10.2 Å². The Kier molecular flexibility index (Phi) is 4.92. The summed E-state index contributed by atoms with van der Waals surface area (Å²) in [6.07, 6.45) is 0. The maximum atomic E-state index is 12.6. The number of amides is 1. The van der Waals surface area contributed by atoms with Crippen LogP contribution in [0.2, 0.25) is 5.02 Å². The van der Waals surface area contributed by atoms with Crippen molar-refractivity contribution in [2.24, 2.45) is 0 Å². The number of halogens is 1. The van der Waals surface area contributed by atoms with Crippen molar-refractivity contribution in [1.29, 1.82) is 0 Å². The minimum atomic E-state index is -0.368. The summed E-state index contributed by atoms with van der Waals surface area (Å²) in [6, 6.07) is 10.5. The molecule has 3 rings (SSSR count). The third-order valence-electron chi connectivity index (χ3n) is 4.04.